The van der Waals surface area contributed by atoms with Gasteiger partial charge in [0.1, 0.15) is 0 Å². The molecule has 0 aromatic carbocycles. The summed E-state index contributed by atoms with van der Waals surface area (Å²) in [5.41, 5.74) is 8.53. The Morgan fingerprint density at radius 3 is 2.62 bits per heavy atom. The second-order valence-corrected chi connectivity index (χ2v) is 11.3. The van der Waals surface area contributed by atoms with Gasteiger partial charge in [-0.2, -0.15) is 5.48 Å². The molecule has 0 heterocycles. The van der Waals surface area contributed by atoms with Gasteiger partial charge in [-0.15, -0.1) is 0 Å². The number of rotatable bonds is 6. The van der Waals surface area contributed by atoms with Crippen molar-refractivity contribution in [2.45, 2.75) is 103 Å². The van der Waals surface area contributed by atoms with Crippen molar-refractivity contribution in [2.24, 2.45) is 40.2 Å². The number of nitrogens with one attached hydrogen (secondary N) is 1. The van der Waals surface area contributed by atoms with Crippen molar-refractivity contribution in [1.82, 2.24) is 5.48 Å². The minimum absolute atomic E-state index is 0.0464. The van der Waals surface area contributed by atoms with Crippen LogP contribution in [0.5, 0.6) is 0 Å². The van der Waals surface area contributed by atoms with E-state index in [2.05, 4.69) is 26.3 Å². The second kappa shape index (κ2) is 8.05. The third kappa shape index (κ3) is 3.40. The number of hydrogen-bond donors (Lipinski definition) is 4. The van der Waals surface area contributed by atoms with Crippen LogP contribution in [0.1, 0.15) is 85.0 Å². The largest absolute Gasteiger partial charge is 0.393 e. The smallest absolute Gasteiger partial charge is 0.0735 e. The Hall–Kier alpha value is -0.200. The van der Waals surface area contributed by atoms with E-state index in [1.54, 1.807) is 0 Å². The summed E-state index contributed by atoms with van der Waals surface area (Å²) < 4.78 is 0. The summed E-state index contributed by atoms with van der Waals surface area (Å²) in [6.45, 7) is 8.35. The first-order valence-electron chi connectivity index (χ1n) is 12.2. The summed E-state index contributed by atoms with van der Waals surface area (Å²) in [5, 5.41) is 22.4. The third-order valence-corrected chi connectivity index (χ3v) is 10.2. The van der Waals surface area contributed by atoms with Crippen LogP contribution in [0.3, 0.4) is 0 Å². The molecule has 0 aromatic heterocycles. The maximum absolute atomic E-state index is 12.2. The molecule has 0 spiro atoms. The molecule has 4 fully saturated rings. The minimum Gasteiger partial charge on any atom is -0.393 e. The van der Waals surface area contributed by atoms with Crippen molar-refractivity contribution < 1.29 is 15.1 Å². The number of hydroxylamine groups is 1. The van der Waals surface area contributed by atoms with Gasteiger partial charge in [-0.1, -0.05) is 13.8 Å². The topological polar surface area (TPSA) is 87.7 Å². The Labute approximate surface area is 177 Å². The molecule has 0 aliphatic heterocycles. The van der Waals surface area contributed by atoms with Gasteiger partial charge < -0.3 is 20.8 Å². The molecule has 4 saturated carbocycles. The molecule has 0 saturated heterocycles. The van der Waals surface area contributed by atoms with E-state index in [0.717, 1.165) is 51.4 Å². The minimum atomic E-state index is -0.558. The van der Waals surface area contributed by atoms with Crippen LogP contribution < -0.4 is 11.2 Å². The summed E-state index contributed by atoms with van der Waals surface area (Å²) in [7, 11) is 0. The van der Waals surface area contributed by atoms with Crippen molar-refractivity contribution in [2.75, 3.05) is 13.2 Å². The van der Waals surface area contributed by atoms with Gasteiger partial charge in [-0.3, -0.25) is 0 Å². The van der Waals surface area contributed by atoms with Crippen molar-refractivity contribution in [3.63, 3.8) is 0 Å². The fraction of sp³-hybridized carbons (Fsp3) is 1.00. The zero-order valence-corrected chi connectivity index (χ0v) is 18.8. The molecule has 4 aliphatic rings. The third-order valence-electron chi connectivity index (χ3n) is 10.2. The standard InChI is InChI=1S/C24H44N2O3/c1-16(26-29-14-4-13-25)19-9-12-24(28)21-6-5-17-15-18(27)7-10-22(17,2)20(21)8-11-23(19,24)3/h16-21,26-28H,4-15,25H2,1-3H3/t16?,17?,18?,19-,20+,21-,22+,23-,24-/m1/s1. The highest BCUT2D eigenvalue weighted by Crippen LogP contribution is 2.69. The van der Waals surface area contributed by atoms with Gasteiger partial charge >= 0.3 is 0 Å². The zero-order valence-electron chi connectivity index (χ0n) is 18.8. The van der Waals surface area contributed by atoms with E-state index in [0.29, 0.717) is 42.2 Å². The summed E-state index contributed by atoms with van der Waals surface area (Å²) in [4.78, 5) is 5.67. The molecule has 0 bridgehead atoms. The van der Waals surface area contributed by atoms with E-state index in [1.807, 2.05) is 0 Å². The first-order chi connectivity index (χ1) is 13.8. The Bertz CT molecular complexity index is 588. The van der Waals surface area contributed by atoms with Crippen molar-refractivity contribution in [3.05, 3.63) is 0 Å². The molecular formula is C24H44N2O3. The average molecular weight is 409 g/mol. The summed E-state index contributed by atoms with van der Waals surface area (Å²) >= 11 is 0. The average Bonchev–Trinajstić information content (AvgIpc) is 2.97. The Kier molecular flexibility index (Phi) is 6.11. The van der Waals surface area contributed by atoms with E-state index in [9.17, 15) is 10.2 Å². The summed E-state index contributed by atoms with van der Waals surface area (Å²) in [6.07, 6.45) is 10.4. The number of aliphatic hydroxyl groups excluding tert-OH is 1. The fourth-order valence-corrected chi connectivity index (χ4v) is 8.47. The summed E-state index contributed by atoms with van der Waals surface area (Å²) in [5.74, 6) is 2.09. The lowest BCUT2D eigenvalue weighted by molar-refractivity contribution is -0.213. The molecule has 4 aliphatic carbocycles. The predicted octanol–water partition coefficient (Wildman–Crippen LogP) is 3.38. The van der Waals surface area contributed by atoms with Crippen LogP contribution >= 0.6 is 0 Å². The predicted molar refractivity (Wildman–Crippen MR) is 115 cm³/mol. The molecular weight excluding hydrogens is 364 g/mol. The van der Waals surface area contributed by atoms with Gasteiger partial charge in [0, 0.05) is 11.5 Å². The van der Waals surface area contributed by atoms with Gasteiger partial charge in [0.15, 0.2) is 0 Å². The Morgan fingerprint density at radius 2 is 1.86 bits per heavy atom. The fourth-order valence-electron chi connectivity index (χ4n) is 8.47. The van der Waals surface area contributed by atoms with Gasteiger partial charge in [-0.05, 0) is 107 Å². The quantitative estimate of drug-likeness (QED) is 0.400. The molecule has 0 amide bonds. The highest BCUT2D eigenvalue weighted by atomic mass is 16.6. The first kappa shape index (κ1) is 22.0. The van der Waals surface area contributed by atoms with E-state index < -0.39 is 5.60 Å². The van der Waals surface area contributed by atoms with Crippen LogP contribution in [-0.4, -0.2) is 41.1 Å². The Morgan fingerprint density at radius 1 is 1.07 bits per heavy atom. The molecule has 0 aromatic rings. The molecule has 5 heteroatoms. The zero-order chi connectivity index (χ0) is 20.9. The van der Waals surface area contributed by atoms with Crippen LogP contribution in [0.25, 0.3) is 0 Å². The molecule has 9 atom stereocenters. The van der Waals surface area contributed by atoms with E-state index in [4.69, 9.17) is 10.6 Å². The van der Waals surface area contributed by atoms with Gasteiger partial charge in [0.05, 0.1) is 18.3 Å². The second-order valence-electron chi connectivity index (χ2n) is 11.3. The number of nitrogens with two attached hydrogens (primary N) is 1. The van der Waals surface area contributed by atoms with Gasteiger partial charge in [0.25, 0.3) is 0 Å². The van der Waals surface area contributed by atoms with Crippen LogP contribution in [0.2, 0.25) is 0 Å². The lowest BCUT2D eigenvalue weighted by atomic mass is 9.43. The number of aliphatic hydroxyl groups is 2. The lowest BCUT2D eigenvalue weighted by Gasteiger charge is -2.63. The molecule has 5 N–H and O–H groups in total. The molecule has 4 rings (SSSR count). The van der Waals surface area contributed by atoms with Crippen molar-refractivity contribution >= 4 is 0 Å². The monoisotopic (exact) mass is 408 g/mol. The lowest BCUT2D eigenvalue weighted by Crippen LogP contribution is -2.63. The van der Waals surface area contributed by atoms with Crippen LogP contribution in [0, 0.1) is 34.5 Å². The Balaban J connectivity index is 1.51. The van der Waals surface area contributed by atoms with Crippen LogP contribution in [0.15, 0.2) is 0 Å². The van der Waals surface area contributed by atoms with Crippen molar-refractivity contribution in [1.29, 1.82) is 0 Å². The van der Waals surface area contributed by atoms with Crippen LogP contribution in [0.4, 0.5) is 0 Å². The number of hydrogen-bond acceptors (Lipinski definition) is 5. The van der Waals surface area contributed by atoms with Gasteiger partial charge in [-0.25, -0.2) is 0 Å². The maximum atomic E-state index is 12.2. The maximum Gasteiger partial charge on any atom is 0.0735 e. The normalized spacial score (nSPS) is 50.5. The number of fused-ring (bicyclic) bond motifs is 5. The van der Waals surface area contributed by atoms with Gasteiger partial charge in [0.2, 0.25) is 0 Å². The molecule has 0 radical (unpaired) electrons. The molecule has 168 valence electrons. The highest BCUT2D eigenvalue weighted by Gasteiger charge is 2.67. The first-order valence-corrected chi connectivity index (χ1v) is 12.2. The van der Waals surface area contributed by atoms with Crippen molar-refractivity contribution in [3.8, 4) is 0 Å². The molecule has 29 heavy (non-hydrogen) atoms. The van der Waals surface area contributed by atoms with E-state index >= 15 is 0 Å². The SMILES string of the molecule is CC(NOCCCN)[C@H]1CC[C@@]2(O)[C@@H]3CCC4CC(O)CC[C@]4(C)[C@H]3CC[C@]12C. The molecule has 3 unspecified atom stereocenters. The highest BCUT2D eigenvalue weighted by molar-refractivity contribution is 5.17. The van der Waals surface area contributed by atoms with E-state index in [1.165, 1.54) is 12.8 Å². The molecule has 5 nitrogen and oxygen atoms in total. The van der Waals surface area contributed by atoms with E-state index in [-0.39, 0.29) is 17.6 Å². The summed E-state index contributed by atoms with van der Waals surface area (Å²) in [6, 6.07) is 0.236. The van der Waals surface area contributed by atoms with Crippen LogP contribution in [-0.2, 0) is 4.84 Å².